The predicted molar refractivity (Wildman–Crippen MR) is 78.1 cm³/mol. The third-order valence-electron chi connectivity index (χ3n) is 2.57. The Balaban J connectivity index is 2.10. The van der Waals surface area contributed by atoms with Gasteiger partial charge in [0.25, 0.3) is 0 Å². The standard InChI is InChI=1S/C15H9BrF3NO/c16-10-3-1-2-9(8-10)4-7-13(21)20-12-6-5-11(17)14(18)15(12)19/h1-8H,(H,20,21)/b7-4+. The van der Waals surface area contributed by atoms with Crippen molar-refractivity contribution in [2.24, 2.45) is 0 Å². The van der Waals surface area contributed by atoms with E-state index < -0.39 is 29.0 Å². The Morgan fingerprint density at radius 2 is 1.86 bits per heavy atom. The molecule has 0 aliphatic rings. The van der Waals surface area contributed by atoms with Crippen molar-refractivity contribution in [1.29, 1.82) is 0 Å². The molecule has 0 aliphatic carbocycles. The fourth-order valence-corrected chi connectivity index (χ4v) is 2.00. The second kappa shape index (κ2) is 6.58. The van der Waals surface area contributed by atoms with Crippen LogP contribution in [0.1, 0.15) is 5.56 Å². The number of nitrogens with one attached hydrogen (secondary N) is 1. The summed E-state index contributed by atoms with van der Waals surface area (Å²) in [5.74, 6) is -5.02. The molecule has 2 aromatic rings. The van der Waals surface area contributed by atoms with Gasteiger partial charge in [-0.1, -0.05) is 28.1 Å². The lowest BCUT2D eigenvalue weighted by atomic mass is 10.2. The fourth-order valence-electron chi connectivity index (χ4n) is 1.58. The molecule has 0 fully saturated rings. The van der Waals surface area contributed by atoms with Gasteiger partial charge in [-0.2, -0.15) is 0 Å². The Kier molecular flexibility index (Phi) is 4.80. The smallest absolute Gasteiger partial charge is 0.248 e. The maximum absolute atomic E-state index is 13.4. The molecule has 0 atom stereocenters. The van der Waals surface area contributed by atoms with Crippen LogP contribution in [0.4, 0.5) is 18.9 Å². The molecule has 0 heterocycles. The first kappa shape index (κ1) is 15.3. The number of halogens is 4. The molecule has 1 N–H and O–H groups in total. The summed E-state index contributed by atoms with van der Waals surface area (Å²) in [6.45, 7) is 0. The van der Waals surface area contributed by atoms with Gasteiger partial charge in [-0.25, -0.2) is 13.2 Å². The third-order valence-corrected chi connectivity index (χ3v) is 3.06. The third kappa shape index (κ3) is 3.95. The lowest BCUT2D eigenvalue weighted by Crippen LogP contribution is -2.10. The van der Waals surface area contributed by atoms with Gasteiger partial charge in [-0.05, 0) is 35.9 Å². The summed E-state index contributed by atoms with van der Waals surface area (Å²) in [5, 5.41) is 2.14. The maximum atomic E-state index is 13.4. The summed E-state index contributed by atoms with van der Waals surface area (Å²) in [4.78, 5) is 11.6. The molecule has 6 heteroatoms. The van der Waals surface area contributed by atoms with Crippen LogP contribution in [-0.2, 0) is 4.79 Å². The highest BCUT2D eigenvalue weighted by Gasteiger charge is 2.14. The average Bonchev–Trinajstić information content (AvgIpc) is 2.46. The minimum absolute atomic E-state index is 0.419. The molecule has 108 valence electrons. The van der Waals surface area contributed by atoms with Gasteiger partial charge < -0.3 is 5.32 Å². The van der Waals surface area contributed by atoms with Crippen LogP contribution in [0, 0.1) is 17.5 Å². The molecule has 2 rings (SSSR count). The van der Waals surface area contributed by atoms with Crippen LogP contribution >= 0.6 is 15.9 Å². The van der Waals surface area contributed by atoms with Gasteiger partial charge in [-0.3, -0.25) is 4.79 Å². The van der Waals surface area contributed by atoms with E-state index in [0.29, 0.717) is 0 Å². The van der Waals surface area contributed by atoms with Crippen LogP contribution in [0.5, 0.6) is 0 Å². The number of benzene rings is 2. The van der Waals surface area contributed by atoms with Crippen molar-refractivity contribution < 1.29 is 18.0 Å². The second-order valence-electron chi connectivity index (χ2n) is 4.10. The van der Waals surface area contributed by atoms with Gasteiger partial charge in [0.1, 0.15) is 0 Å². The lowest BCUT2D eigenvalue weighted by Gasteiger charge is -2.04. The Labute approximate surface area is 127 Å². The number of anilines is 1. The minimum Gasteiger partial charge on any atom is -0.320 e. The van der Waals surface area contributed by atoms with Gasteiger partial charge >= 0.3 is 0 Å². The number of amides is 1. The second-order valence-corrected chi connectivity index (χ2v) is 5.02. The molecular formula is C15H9BrF3NO. The highest BCUT2D eigenvalue weighted by Crippen LogP contribution is 2.19. The van der Waals surface area contributed by atoms with E-state index >= 15 is 0 Å². The summed E-state index contributed by atoms with van der Waals surface area (Å²) in [6.07, 6.45) is 2.68. The maximum Gasteiger partial charge on any atom is 0.248 e. The van der Waals surface area contributed by atoms with E-state index in [1.807, 2.05) is 6.07 Å². The fraction of sp³-hybridized carbons (Fsp3) is 0. The van der Waals surface area contributed by atoms with Crippen molar-refractivity contribution in [3.63, 3.8) is 0 Å². The summed E-state index contributed by atoms with van der Waals surface area (Å²) >= 11 is 3.29. The normalized spacial score (nSPS) is 10.9. The highest BCUT2D eigenvalue weighted by atomic mass is 79.9. The van der Waals surface area contributed by atoms with Gasteiger partial charge in [0.05, 0.1) is 5.69 Å². The first-order valence-corrected chi connectivity index (χ1v) is 6.65. The largest absolute Gasteiger partial charge is 0.320 e. The molecule has 1 amide bonds. The van der Waals surface area contributed by atoms with Crippen molar-refractivity contribution in [1.82, 2.24) is 0 Å². The zero-order valence-electron chi connectivity index (χ0n) is 10.5. The van der Waals surface area contributed by atoms with E-state index in [-0.39, 0.29) is 0 Å². The molecule has 0 radical (unpaired) electrons. The van der Waals surface area contributed by atoms with Crippen LogP contribution in [-0.4, -0.2) is 5.91 Å². The molecule has 0 aromatic heterocycles. The zero-order chi connectivity index (χ0) is 15.4. The molecule has 2 nitrogen and oxygen atoms in total. The summed E-state index contributed by atoms with van der Waals surface area (Å²) in [7, 11) is 0. The molecule has 0 aliphatic heterocycles. The van der Waals surface area contributed by atoms with E-state index in [9.17, 15) is 18.0 Å². The summed E-state index contributed by atoms with van der Waals surface area (Å²) < 4.78 is 40.0. The first-order valence-electron chi connectivity index (χ1n) is 5.85. The SMILES string of the molecule is O=C(/C=C/c1cccc(Br)c1)Nc1ccc(F)c(F)c1F. The molecule has 0 unspecified atom stereocenters. The van der Waals surface area contributed by atoms with Crippen LogP contribution in [0.25, 0.3) is 6.08 Å². The quantitative estimate of drug-likeness (QED) is 0.636. The van der Waals surface area contributed by atoms with Crippen LogP contribution in [0.2, 0.25) is 0 Å². The number of hydrogen-bond donors (Lipinski definition) is 1. The Bertz CT molecular complexity index is 716. The Hall–Kier alpha value is -2.08. The van der Waals surface area contributed by atoms with E-state index in [4.69, 9.17) is 0 Å². The van der Waals surface area contributed by atoms with Crippen LogP contribution < -0.4 is 5.32 Å². The molecule has 21 heavy (non-hydrogen) atoms. The van der Waals surface area contributed by atoms with Gasteiger partial charge in [0.2, 0.25) is 5.91 Å². The number of carbonyl (C=O) groups excluding carboxylic acids is 1. The summed E-state index contributed by atoms with van der Waals surface area (Å²) in [6, 6.07) is 8.87. The van der Waals surface area contributed by atoms with E-state index in [0.717, 1.165) is 22.2 Å². The Morgan fingerprint density at radius 1 is 1.10 bits per heavy atom. The Morgan fingerprint density at radius 3 is 2.57 bits per heavy atom. The predicted octanol–water partition coefficient (Wildman–Crippen LogP) is 4.52. The number of hydrogen-bond acceptors (Lipinski definition) is 1. The molecule has 0 spiro atoms. The molecule has 0 bridgehead atoms. The van der Waals surface area contributed by atoms with Gasteiger partial charge in [0.15, 0.2) is 17.5 Å². The van der Waals surface area contributed by atoms with Gasteiger partial charge in [-0.15, -0.1) is 0 Å². The highest BCUT2D eigenvalue weighted by molar-refractivity contribution is 9.10. The van der Waals surface area contributed by atoms with Crippen molar-refractivity contribution in [3.05, 3.63) is 70.0 Å². The first-order chi connectivity index (χ1) is 9.97. The molecule has 0 saturated heterocycles. The average molecular weight is 356 g/mol. The minimum atomic E-state index is -1.62. The van der Waals surface area contributed by atoms with Crippen LogP contribution in [0.3, 0.4) is 0 Å². The molecule has 2 aromatic carbocycles. The number of rotatable bonds is 3. The molecule has 0 saturated carbocycles. The van der Waals surface area contributed by atoms with E-state index in [1.165, 1.54) is 12.2 Å². The van der Waals surface area contributed by atoms with E-state index in [2.05, 4.69) is 21.2 Å². The van der Waals surface area contributed by atoms with E-state index in [1.54, 1.807) is 18.2 Å². The van der Waals surface area contributed by atoms with Crippen molar-refractivity contribution in [3.8, 4) is 0 Å². The van der Waals surface area contributed by atoms with Crippen molar-refractivity contribution in [2.45, 2.75) is 0 Å². The zero-order valence-corrected chi connectivity index (χ0v) is 12.1. The monoisotopic (exact) mass is 355 g/mol. The van der Waals surface area contributed by atoms with Crippen molar-refractivity contribution in [2.75, 3.05) is 5.32 Å². The summed E-state index contributed by atoms with van der Waals surface area (Å²) in [5.41, 5.74) is 0.336. The molecular weight excluding hydrogens is 347 g/mol. The van der Waals surface area contributed by atoms with Gasteiger partial charge in [0, 0.05) is 10.5 Å². The van der Waals surface area contributed by atoms with Crippen LogP contribution in [0.15, 0.2) is 46.9 Å². The lowest BCUT2D eigenvalue weighted by molar-refractivity contribution is -0.111. The van der Waals surface area contributed by atoms with Crippen molar-refractivity contribution >= 4 is 33.6 Å². The topological polar surface area (TPSA) is 29.1 Å². The number of carbonyl (C=O) groups is 1.